The highest BCUT2D eigenvalue weighted by atomic mass is 16.5. The zero-order valence-electron chi connectivity index (χ0n) is 12.2. The van der Waals surface area contributed by atoms with E-state index in [0.717, 1.165) is 22.4 Å². The lowest BCUT2D eigenvalue weighted by Crippen LogP contribution is -2.26. The topological polar surface area (TPSA) is 9.23 Å². The molecule has 1 heteroatoms. The number of terminal acetylenes is 1. The van der Waals surface area contributed by atoms with Gasteiger partial charge in [-0.25, -0.2) is 0 Å². The molecule has 0 fully saturated rings. The van der Waals surface area contributed by atoms with E-state index in [1.807, 2.05) is 18.2 Å². The molecule has 1 nitrogen and oxygen atoms in total. The Balaban J connectivity index is 1.94. The molecule has 0 radical (unpaired) electrons. The molecule has 1 aliphatic rings. The van der Waals surface area contributed by atoms with Crippen molar-refractivity contribution in [3.63, 3.8) is 0 Å². The molecule has 0 aliphatic carbocycles. The van der Waals surface area contributed by atoms with Crippen LogP contribution in [0.2, 0.25) is 0 Å². The van der Waals surface area contributed by atoms with Gasteiger partial charge in [0.15, 0.2) is 0 Å². The zero-order valence-corrected chi connectivity index (χ0v) is 12.2. The fraction of sp³-hybridized carbons (Fsp3) is 0.200. The van der Waals surface area contributed by atoms with Gasteiger partial charge in [-0.1, -0.05) is 60.5 Å². The first-order valence-corrected chi connectivity index (χ1v) is 7.14. The van der Waals surface area contributed by atoms with E-state index in [2.05, 4.69) is 49.8 Å². The number of ether oxygens (including phenoxy) is 1. The molecule has 0 spiro atoms. The normalized spacial score (nSPS) is 20.0. The van der Waals surface area contributed by atoms with Crippen LogP contribution in [0.15, 0.2) is 55.1 Å². The Hall–Kier alpha value is -2.46. The minimum absolute atomic E-state index is 0.0174. The number of rotatable bonds is 2. The van der Waals surface area contributed by atoms with Gasteiger partial charge in [0.2, 0.25) is 0 Å². The van der Waals surface area contributed by atoms with Crippen molar-refractivity contribution >= 4 is 5.57 Å². The molecule has 1 heterocycles. The Morgan fingerprint density at radius 2 is 1.90 bits per heavy atom. The van der Waals surface area contributed by atoms with Gasteiger partial charge >= 0.3 is 0 Å². The van der Waals surface area contributed by atoms with Crippen LogP contribution in [0, 0.1) is 25.2 Å². The molecule has 0 amide bonds. The molecule has 2 atom stereocenters. The van der Waals surface area contributed by atoms with E-state index >= 15 is 0 Å². The van der Waals surface area contributed by atoms with E-state index < -0.39 is 0 Å². The van der Waals surface area contributed by atoms with Gasteiger partial charge in [0, 0.05) is 11.5 Å². The number of fused-ring (bicyclic) bond motifs is 1. The van der Waals surface area contributed by atoms with Gasteiger partial charge < -0.3 is 4.74 Å². The van der Waals surface area contributed by atoms with E-state index in [4.69, 9.17) is 11.2 Å². The molecule has 21 heavy (non-hydrogen) atoms. The maximum Gasteiger partial charge on any atom is 0.123 e. The van der Waals surface area contributed by atoms with Crippen LogP contribution in [-0.4, -0.2) is 6.61 Å². The Bertz CT molecular complexity index is 703. The summed E-state index contributed by atoms with van der Waals surface area (Å²) in [7, 11) is 0. The van der Waals surface area contributed by atoms with Crippen LogP contribution in [0.4, 0.5) is 0 Å². The first-order valence-electron chi connectivity index (χ1n) is 7.14. The SMILES string of the molecule is C#C[C@@H]1c2ccccc2OC[C@@H]1C(=C)c1ccc(C)cc1. The van der Waals surface area contributed by atoms with Gasteiger partial charge in [0.05, 0.1) is 12.5 Å². The second kappa shape index (κ2) is 5.50. The Morgan fingerprint density at radius 3 is 2.62 bits per heavy atom. The summed E-state index contributed by atoms with van der Waals surface area (Å²) < 4.78 is 5.88. The Kier molecular flexibility index (Phi) is 3.54. The van der Waals surface area contributed by atoms with Crippen molar-refractivity contribution in [2.24, 2.45) is 5.92 Å². The molecular weight excluding hydrogens is 256 g/mol. The van der Waals surface area contributed by atoms with Crippen LogP contribution in [0.3, 0.4) is 0 Å². The molecule has 0 aromatic heterocycles. The average molecular weight is 274 g/mol. The van der Waals surface area contributed by atoms with Crippen molar-refractivity contribution in [2.75, 3.05) is 6.61 Å². The van der Waals surface area contributed by atoms with Crippen molar-refractivity contribution in [2.45, 2.75) is 12.8 Å². The Morgan fingerprint density at radius 1 is 1.19 bits per heavy atom. The van der Waals surface area contributed by atoms with E-state index in [1.54, 1.807) is 0 Å². The van der Waals surface area contributed by atoms with Gasteiger partial charge in [-0.05, 0) is 24.1 Å². The summed E-state index contributed by atoms with van der Waals surface area (Å²) in [6.07, 6.45) is 5.80. The fourth-order valence-electron chi connectivity index (χ4n) is 2.85. The lowest BCUT2D eigenvalue weighted by atomic mass is 9.78. The summed E-state index contributed by atoms with van der Waals surface area (Å²) in [5, 5.41) is 0. The van der Waals surface area contributed by atoms with Crippen molar-refractivity contribution in [1.82, 2.24) is 0 Å². The average Bonchev–Trinajstić information content (AvgIpc) is 2.53. The molecule has 0 saturated carbocycles. The fourth-order valence-corrected chi connectivity index (χ4v) is 2.85. The predicted octanol–water partition coefficient (Wildman–Crippen LogP) is 4.43. The van der Waals surface area contributed by atoms with E-state index in [0.29, 0.717) is 6.61 Å². The van der Waals surface area contributed by atoms with Crippen molar-refractivity contribution < 1.29 is 4.74 Å². The molecule has 0 bridgehead atoms. The summed E-state index contributed by atoms with van der Waals surface area (Å²) in [6.45, 7) is 6.94. The first-order chi connectivity index (χ1) is 10.2. The van der Waals surface area contributed by atoms with Crippen molar-refractivity contribution in [1.29, 1.82) is 0 Å². The highest BCUT2D eigenvalue weighted by molar-refractivity contribution is 5.68. The molecule has 0 unspecified atom stereocenters. The second-order valence-corrected chi connectivity index (χ2v) is 5.49. The molecule has 0 saturated heterocycles. The monoisotopic (exact) mass is 274 g/mol. The highest BCUT2D eigenvalue weighted by Gasteiger charge is 2.31. The maximum atomic E-state index is 5.88. The van der Waals surface area contributed by atoms with Crippen LogP contribution in [-0.2, 0) is 0 Å². The molecule has 3 rings (SSSR count). The van der Waals surface area contributed by atoms with Gasteiger partial charge in [0.1, 0.15) is 5.75 Å². The number of para-hydroxylation sites is 1. The summed E-state index contributed by atoms with van der Waals surface area (Å²) in [5.74, 6) is 3.96. The third-order valence-electron chi connectivity index (χ3n) is 4.12. The molecule has 1 aliphatic heterocycles. The molecule has 2 aromatic rings. The number of hydrogen-bond acceptors (Lipinski definition) is 1. The van der Waals surface area contributed by atoms with Gasteiger partial charge in [-0.2, -0.15) is 0 Å². The molecule has 2 aromatic carbocycles. The van der Waals surface area contributed by atoms with Crippen LogP contribution in [0.25, 0.3) is 5.57 Å². The summed E-state index contributed by atoms with van der Waals surface area (Å²) in [4.78, 5) is 0. The predicted molar refractivity (Wildman–Crippen MR) is 87.2 cm³/mol. The van der Waals surface area contributed by atoms with Crippen LogP contribution in [0.1, 0.15) is 22.6 Å². The molecular formula is C20H18O. The van der Waals surface area contributed by atoms with Gasteiger partial charge in [-0.3, -0.25) is 0 Å². The minimum Gasteiger partial charge on any atom is -0.493 e. The van der Waals surface area contributed by atoms with E-state index in [1.165, 1.54) is 5.56 Å². The largest absolute Gasteiger partial charge is 0.493 e. The Labute approximate surface area is 126 Å². The third-order valence-corrected chi connectivity index (χ3v) is 4.12. The van der Waals surface area contributed by atoms with E-state index in [9.17, 15) is 0 Å². The lowest BCUT2D eigenvalue weighted by Gasteiger charge is -2.32. The maximum absolute atomic E-state index is 5.88. The summed E-state index contributed by atoms with van der Waals surface area (Å²) in [6, 6.07) is 16.4. The minimum atomic E-state index is 0.0174. The standard InChI is InChI=1S/C20H18O/c1-4-17-18-7-5-6-8-20(18)21-13-19(17)15(3)16-11-9-14(2)10-12-16/h1,5-12,17,19H,3,13H2,2H3/t17-,19-/m1/s1. The number of aryl methyl sites for hydroxylation is 1. The van der Waals surface area contributed by atoms with E-state index in [-0.39, 0.29) is 11.8 Å². The van der Waals surface area contributed by atoms with Crippen LogP contribution in [0.5, 0.6) is 5.75 Å². The summed E-state index contributed by atoms with van der Waals surface area (Å²) >= 11 is 0. The second-order valence-electron chi connectivity index (χ2n) is 5.49. The zero-order chi connectivity index (χ0) is 14.8. The van der Waals surface area contributed by atoms with Crippen molar-refractivity contribution in [3.8, 4) is 18.1 Å². The smallest absolute Gasteiger partial charge is 0.123 e. The number of hydrogen-bond donors (Lipinski definition) is 0. The van der Waals surface area contributed by atoms with Crippen LogP contribution >= 0.6 is 0 Å². The lowest BCUT2D eigenvalue weighted by molar-refractivity contribution is 0.245. The molecule has 0 N–H and O–H groups in total. The first kappa shape index (κ1) is 13.5. The van der Waals surface area contributed by atoms with Crippen LogP contribution < -0.4 is 4.74 Å². The van der Waals surface area contributed by atoms with Gasteiger partial charge in [0.25, 0.3) is 0 Å². The van der Waals surface area contributed by atoms with Gasteiger partial charge in [-0.15, -0.1) is 6.42 Å². The third kappa shape index (κ3) is 2.45. The molecule has 104 valence electrons. The van der Waals surface area contributed by atoms with Crippen molar-refractivity contribution in [3.05, 3.63) is 71.8 Å². The highest BCUT2D eigenvalue weighted by Crippen LogP contribution is 2.41. The quantitative estimate of drug-likeness (QED) is 0.736. The summed E-state index contributed by atoms with van der Waals surface area (Å²) in [5.41, 5.74) is 4.51. The number of benzene rings is 2.